The fraction of sp³-hybridized carbons (Fsp3) is 0.500. The van der Waals surface area contributed by atoms with Crippen LogP contribution in [0.15, 0.2) is 22.7 Å². The smallest absolute Gasteiger partial charge is 0.335 e. The van der Waals surface area contributed by atoms with Crippen molar-refractivity contribution in [3.8, 4) is 0 Å². The van der Waals surface area contributed by atoms with Crippen LogP contribution in [-0.4, -0.2) is 36.4 Å². The predicted molar refractivity (Wildman–Crippen MR) is 77.9 cm³/mol. The number of hydrogen-bond donors (Lipinski definition) is 1. The highest BCUT2D eigenvalue weighted by Gasteiger charge is 2.26. The number of carboxylic acids is 1. The molecule has 0 spiro atoms. The van der Waals surface area contributed by atoms with E-state index in [9.17, 15) is 4.79 Å². The number of morpholine rings is 1. The van der Waals surface area contributed by atoms with Crippen LogP contribution < -0.4 is 4.90 Å². The quantitative estimate of drug-likeness (QED) is 0.926. The molecule has 0 aliphatic carbocycles. The molecule has 5 heteroatoms. The number of benzene rings is 1. The second kappa shape index (κ2) is 5.92. The van der Waals surface area contributed by atoms with Gasteiger partial charge in [0.15, 0.2) is 0 Å². The van der Waals surface area contributed by atoms with Gasteiger partial charge in [-0.2, -0.15) is 0 Å². The Morgan fingerprint density at radius 3 is 2.89 bits per heavy atom. The zero-order chi connectivity index (χ0) is 14.0. The molecule has 19 heavy (non-hydrogen) atoms. The van der Waals surface area contributed by atoms with E-state index in [1.165, 1.54) is 0 Å². The average molecular weight is 328 g/mol. The predicted octanol–water partition coefficient (Wildman–Crippen LogP) is 3.15. The third kappa shape index (κ3) is 3.28. The van der Waals surface area contributed by atoms with E-state index in [0.717, 1.165) is 23.1 Å². The summed E-state index contributed by atoms with van der Waals surface area (Å²) in [5.74, 6) is -0.906. The molecular weight excluding hydrogens is 310 g/mol. The van der Waals surface area contributed by atoms with Crippen molar-refractivity contribution >= 4 is 27.6 Å². The standard InChI is InChI=1S/C14H18BrNO3/c1-3-12-8-19-9(2)7-16(12)13-5-10(14(17)18)4-11(15)6-13/h4-6,9,12H,3,7-8H2,1-2H3,(H,17,18). The third-order valence-corrected chi connectivity index (χ3v) is 3.86. The molecule has 2 rings (SSSR count). The Kier molecular flexibility index (Phi) is 4.47. The van der Waals surface area contributed by atoms with Gasteiger partial charge in [-0.25, -0.2) is 4.79 Å². The normalized spacial score (nSPS) is 23.4. The molecule has 0 bridgehead atoms. The van der Waals surface area contributed by atoms with E-state index in [4.69, 9.17) is 9.84 Å². The minimum Gasteiger partial charge on any atom is -0.478 e. The van der Waals surface area contributed by atoms with Crippen molar-refractivity contribution in [3.63, 3.8) is 0 Å². The van der Waals surface area contributed by atoms with E-state index in [1.807, 2.05) is 13.0 Å². The van der Waals surface area contributed by atoms with Gasteiger partial charge in [-0.1, -0.05) is 22.9 Å². The maximum Gasteiger partial charge on any atom is 0.335 e. The first-order valence-electron chi connectivity index (χ1n) is 6.43. The maximum atomic E-state index is 11.1. The number of carbonyl (C=O) groups is 1. The van der Waals surface area contributed by atoms with Gasteiger partial charge >= 0.3 is 5.97 Å². The molecule has 1 N–H and O–H groups in total. The second-order valence-corrected chi connectivity index (χ2v) is 5.78. The Bertz CT molecular complexity index is 478. The summed E-state index contributed by atoms with van der Waals surface area (Å²) in [5, 5.41) is 9.14. The van der Waals surface area contributed by atoms with Gasteiger partial charge in [0, 0.05) is 16.7 Å². The molecule has 0 radical (unpaired) electrons. The van der Waals surface area contributed by atoms with Gasteiger partial charge in [-0.15, -0.1) is 0 Å². The molecule has 2 atom stereocenters. The Labute approximate surface area is 121 Å². The molecule has 2 unspecified atom stereocenters. The summed E-state index contributed by atoms with van der Waals surface area (Å²) in [7, 11) is 0. The van der Waals surface area contributed by atoms with Crippen LogP contribution in [0, 0.1) is 0 Å². The van der Waals surface area contributed by atoms with Crippen molar-refractivity contribution in [3.05, 3.63) is 28.2 Å². The largest absolute Gasteiger partial charge is 0.478 e. The van der Waals surface area contributed by atoms with Gasteiger partial charge < -0.3 is 14.7 Å². The van der Waals surface area contributed by atoms with Crippen LogP contribution in [0.2, 0.25) is 0 Å². The molecule has 0 aromatic heterocycles. The monoisotopic (exact) mass is 327 g/mol. The van der Waals surface area contributed by atoms with E-state index in [2.05, 4.69) is 27.8 Å². The summed E-state index contributed by atoms with van der Waals surface area (Å²) < 4.78 is 6.46. The molecule has 104 valence electrons. The Morgan fingerprint density at radius 1 is 1.53 bits per heavy atom. The van der Waals surface area contributed by atoms with Crippen LogP contribution in [0.1, 0.15) is 30.6 Å². The van der Waals surface area contributed by atoms with Crippen molar-refractivity contribution in [2.24, 2.45) is 0 Å². The van der Waals surface area contributed by atoms with Crippen molar-refractivity contribution in [2.45, 2.75) is 32.4 Å². The molecule has 1 aromatic carbocycles. The first-order chi connectivity index (χ1) is 9.01. The number of hydrogen-bond acceptors (Lipinski definition) is 3. The summed E-state index contributed by atoms with van der Waals surface area (Å²) in [6.07, 6.45) is 1.14. The highest BCUT2D eigenvalue weighted by molar-refractivity contribution is 9.10. The minimum atomic E-state index is -0.906. The van der Waals surface area contributed by atoms with Gasteiger partial charge in [-0.05, 0) is 31.5 Å². The maximum absolute atomic E-state index is 11.1. The number of nitrogens with zero attached hydrogens (tertiary/aromatic N) is 1. The number of carboxylic acid groups (broad SMARTS) is 1. The molecule has 1 aromatic rings. The van der Waals surface area contributed by atoms with Crippen molar-refractivity contribution in [1.82, 2.24) is 0 Å². The Morgan fingerprint density at radius 2 is 2.26 bits per heavy atom. The molecule has 1 aliphatic rings. The first-order valence-corrected chi connectivity index (χ1v) is 7.22. The summed E-state index contributed by atoms with van der Waals surface area (Å²) in [6, 6.07) is 5.62. The lowest BCUT2D eigenvalue weighted by Crippen LogP contribution is -2.48. The number of halogens is 1. The van der Waals surface area contributed by atoms with Gasteiger partial charge in [0.05, 0.1) is 24.3 Å². The van der Waals surface area contributed by atoms with Crippen molar-refractivity contribution in [2.75, 3.05) is 18.1 Å². The number of rotatable bonds is 3. The lowest BCUT2D eigenvalue weighted by atomic mass is 10.1. The lowest BCUT2D eigenvalue weighted by molar-refractivity contribution is 0.0299. The number of anilines is 1. The van der Waals surface area contributed by atoms with E-state index in [-0.39, 0.29) is 6.10 Å². The Balaban J connectivity index is 2.35. The summed E-state index contributed by atoms with van der Waals surface area (Å²) in [5.41, 5.74) is 1.24. The highest BCUT2D eigenvalue weighted by Crippen LogP contribution is 2.28. The molecule has 4 nitrogen and oxygen atoms in total. The van der Waals surface area contributed by atoms with E-state index in [1.54, 1.807) is 12.1 Å². The molecule has 1 heterocycles. The van der Waals surface area contributed by atoms with Crippen LogP contribution in [0.5, 0.6) is 0 Å². The van der Waals surface area contributed by atoms with Crippen LogP contribution in [0.3, 0.4) is 0 Å². The first kappa shape index (κ1) is 14.3. The Hall–Kier alpha value is -1.07. The van der Waals surface area contributed by atoms with Crippen molar-refractivity contribution < 1.29 is 14.6 Å². The summed E-state index contributed by atoms with van der Waals surface area (Å²) in [6.45, 7) is 5.63. The highest BCUT2D eigenvalue weighted by atomic mass is 79.9. The van der Waals surface area contributed by atoms with Crippen molar-refractivity contribution in [1.29, 1.82) is 0 Å². The number of ether oxygens (including phenoxy) is 1. The SMILES string of the molecule is CCC1COC(C)CN1c1cc(Br)cc(C(=O)O)c1. The molecule has 0 saturated carbocycles. The van der Waals surface area contributed by atoms with Crippen LogP contribution in [0.25, 0.3) is 0 Å². The summed E-state index contributed by atoms with van der Waals surface area (Å²) in [4.78, 5) is 13.4. The fourth-order valence-electron chi connectivity index (χ4n) is 2.36. The zero-order valence-electron chi connectivity index (χ0n) is 11.1. The molecule has 1 saturated heterocycles. The van der Waals surface area contributed by atoms with Gasteiger partial charge in [0.1, 0.15) is 0 Å². The van der Waals surface area contributed by atoms with E-state index in [0.29, 0.717) is 18.2 Å². The lowest BCUT2D eigenvalue weighted by Gasteiger charge is -2.40. The third-order valence-electron chi connectivity index (χ3n) is 3.40. The molecule has 0 amide bonds. The molecule has 1 fully saturated rings. The fourth-order valence-corrected chi connectivity index (χ4v) is 2.84. The van der Waals surface area contributed by atoms with E-state index < -0.39 is 5.97 Å². The molecule has 1 aliphatic heterocycles. The van der Waals surface area contributed by atoms with Crippen LogP contribution >= 0.6 is 15.9 Å². The van der Waals surface area contributed by atoms with Gasteiger partial charge in [0.2, 0.25) is 0 Å². The van der Waals surface area contributed by atoms with Gasteiger partial charge in [0.25, 0.3) is 0 Å². The zero-order valence-corrected chi connectivity index (χ0v) is 12.7. The van der Waals surface area contributed by atoms with Crippen LogP contribution in [0.4, 0.5) is 5.69 Å². The van der Waals surface area contributed by atoms with Crippen LogP contribution in [-0.2, 0) is 4.74 Å². The second-order valence-electron chi connectivity index (χ2n) is 4.86. The van der Waals surface area contributed by atoms with Gasteiger partial charge in [-0.3, -0.25) is 0 Å². The topological polar surface area (TPSA) is 49.8 Å². The average Bonchev–Trinajstić information content (AvgIpc) is 2.37. The number of aromatic carboxylic acids is 1. The molecular formula is C14H18BrNO3. The van der Waals surface area contributed by atoms with E-state index >= 15 is 0 Å². The summed E-state index contributed by atoms with van der Waals surface area (Å²) >= 11 is 3.38. The minimum absolute atomic E-state index is 0.162.